The van der Waals surface area contributed by atoms with Crippen LogP contribution in [0.1, 0.15) is 19.8 Å². The third kappa shape index (κ3) is 4.08. The summed E-state index contributed by atoms with van der Waals surface area (Å²) in [6.07, 6.45) is 0.941. The molecule has 0 saturated heterocycles. The van der Waals surface area contributed by atoms with Crippen LogP contribution in [-0.4, -0.2) is 14.4 Å². The van der Waals surface area contributed by atoms with Gasteiger partial charge < -0.3 is 4.74 Å². The molecule has 0 aliphatic carbocycles. The second-order valence-electron chi connectivity index (χ2n) is 4.64. The lowest BCUT2D eigenvalue weighted by Gasteiger charge is -2.12. The van der Waals surface area contributed by atoms with Gasteiger partial charge in [-0.05, 0) is 30.7 Å². The van der Waals surface area contributed by atoms with Crippen molar-refractivity contribution in [2.75, 3.05) is 4.72 Å². The molecule has 2 aromatic rings. The molecule has 6 heteroatoms. The Balaban J connectivity index is 2.25. The smallest absolute Gasteiger partial charge is 0.311 e. The SMILES string of the molecule is CCCC(=O)Oc1ccccc1NS(=O)(=O)c1ccccc1. The van der Waals surface area contributed by atoms with Gasteiger partial charge in [-0.25, -0.2) is 8.42 Å². The van der Waals surface area contributed by atoms with Crippen LogP contribution in [0, 0.1) is 0 Å². The number of anilines is 1. The summed E-state index contributed by atoms with van der Waals surface area (Å²) >= 11 is 0. The van der Waals surface area contributed by atoms with Crippen molar-refractivity contribution in [2.24, 2.45) is 0 Å². The highest BCUT2D eigenvalue weighted by atomic mass is 32.2. The number of sulfonamides is 1. The van der Waals surface area contributed by atoms with Gasteiger partial charge in [0.05, 0.1) is 10.6 Å². The van der Waals surface area contributed by atoms with Crippen molar-refractivity contribution < 1.29 is 17.9 Å². The van der Waals surface area contributed by atoms with Gasteiger partial charge in [-0.15, -0.1) is 0 Å². The van der Waals surface area contributed by atoms with E-state index in [1.54, 1.807) is 42.5 Å². The Labute approximate surface area is 130 Å². The summed E-state index contributed by atoms with van der Waals surface area (Å²) in [4.78, 5) is 11.7. The van der Waals surface area contributed by atoms with Crippen LogP contribution >= 0.6 is 0 Å². The quantitative estimate of drug-likeness (QED) is 0.655. The van der Waals surface area contributed by atoms with E-state index < -0.39 is 16.0 Å². The van der Waals surface area contributed by atoms with Gasteiger partial charge in [-0.2, -0.15) is 0 Å². The number of para-hydroxylation sites is 2. The van der Waals surface area contributed by atoms with E-state index in [-0.39, 0.29) is 22.8 Å². The molecule has 0 bridgehead atoms. The second-order valence-corrected chi connectivity index (χ2v) is 6.32. The van der Waals surface area contributed by atoms with Crippen molar-refractivity contribution in [3.8, 4) is 5.75 Å². The van der Waals surface area contributed by atoms with E-state index in [1.165, 1.54) is 12.1 Å². The lowest BCUT2D eigenvalue weighted by Crippen LogP contribution is -2.15. The molecule has 0 unspecified atom stereocenters. The molecule has 0 aliphatic heterocycles. The minimum atomic E-state index is -3.73. The number of ether oxygens (including phenoxy) is 1. The maximum atomic E-state index is 12.3. The number of nitrogens with one attached hydrogen (secondary N) is 1. The molecule has 1 N–H and O–H groups in total. The average Bonchev–Trinajstić information content (AvgIpc) is 2.50. The zero-order chi connectivity index (χ0) is 16.0. The largest absolute Gasteiger partial charge is 0.424 e. The Bertz CT molecular complexity index is 742. The molecule has 0 aliphatic rings. The fourth-order valence-corrected chi connectivity index (χ4v) is 2.91. The van der Waals surface area contributed by atoms with E-state index in [9.17, 15) is 13.2 Å². The molecule has 0 radical (unpaired) electrons. The van der Waals surface area contributed by atoms with Gasteiger partial charge in [0, 0.05) is 6.42 Å². The molecule has 2 rings (SSSR count). The van der Waals surface area contributed by atoms with Crippen molar-refractivity contribution >= 4 is 21.7 Å². The number of hydrogen-bond donors (Lipinski definition) is 1. The first-order valence-electron chi connectivity index (χ1n) is 6.90. The predicted molar refractivity (Wildman–Crippen MR) is 84.2 cm³/mol. The van der Waals surface area contributed by atoms with Gasteiger partial charge in [-0.1, -0.05) is 37.3 Å². The number of esters is 1. The Morgan fingerprint density at radius 2 is 1.68 bits per heavy atom. The van der Waals surface area contributed by atoms with Crippen LogP contribution < -0.4 is 9.46 Å². The van der Waals surface area contributed by atoms with Crippen LogP contribution in [0.25, 0.3) is 0 Å². The summed E-state index contributed by atoms with van der Waals surface area (Å²) in [6, 6.07) is 14.4. The van der Waals surface area contributed by atoms with Crippen LogP contribution in [0.3, 0.4) is 0 Å². The average molecular weight is 319 g/mol. The van der Waals surface area contributed by atoms with E-state index in [0.717, 1.165) is 0 Å². The fraction of sp³-hybridized carbons (Fsp3) is 0.188. The molecule has 0 saturated carbocycles. The summed E-state index contributed by atoms with van der Waals surface area (Å²) in [5.74, 6) is -0.200. The lowest BCUT2D eigenvalue weighted by molar-refractivity contribution is -0.134. The molecule has 0 heterocycles. The van der Waals surface area contributed by atoms with Gasteiger partial charge in [0.25, 0.3) is 10.0 Å². The molecule has 116 valence electrons. The number of benzene rings is 2. The van der Waals surface area contributed by atoms with Crippen molar-refractivity contribution in [1.29, 1.82) is 0 Å². The van der Waals surface area contributed by atoms with E-state index in [1.807, 2.05) is 6.92 Å². The Kier molecular flexibility index (Phi) is 5.16. The van der Waals surface area contributed by atoms with Gasteiger partial charge in [0.15, 0.2) is 5.75 Å². The predicted octanol–water partition coefficient (Wildman–Crippen LogP) is 3.19. The van der Waals surface area contributed by atoms with Crippen molar-refractivity contribution in [3.05, 3.63) is 54.6 Å². The summed E-state index contributed by atoms with van der Waals surface area (Å²) in [5, 5.41) is 0. The maximum absolute atomic E-state index is 12.3. The highest BCUT2D eigenvalue weighted by molar-refractivity contribution is 7.92. The van der Waals surface area contributed by atoms with Gasteiger partial charge in [-0.3, -0.25) is 9.52 Å². The summed E-state index contributed by atoms with van der Waals surface area (Å²) in [5.41, 5.74) is 0.232. The number of rotatable bonds is 6. The standard InChI is InChI=1S/C16H17NO4S/c1-2-8-16(18)21-15-12-7-6-11-14(15)17-22(19,20)13-9-4-3-5-10-13/h3-7,9-12,17H,2,8H2,1H3. The van der Waals surface area contributed by atoms with E-state index in [2.05, 4.69) is 4.72 Å². The third-order valence-corrected chi connectivity index (χ3v) is 4.24. The zero-order valence-electron chi connectivity index (χ0n) is 12.2. The third-order valence-electron chi connectivity index (χ3n) is 2.86. The highest BCUT2D eigenvalue weighted by Gasteiger charge is 2.17. The zero-order valence-corrected chi connectivity index (χ0v) is 13.0. The van der Waals surface area contributed by atoms with E-state index in [4.69, 9.17) is 4.74 Å². The van der Waals surface area contributed by atoms with E-state index >= 15 is 0 Å². The number of hydrogen-bond acceptors (Lipinski definition) is 4. The van der Waals surface area contributed by atoms with E-state index in [0.29, 0.717) is 6.42 Å². The van der Waals surface area contributed by atoms with Crippen LogP contribution in [0.15, 0.2) is 59.5 Å². The molecular formula is C16H17NO4S. The van der Waals surface area contributed by atoms with Crippen LogP contribution in [0.5, 0.6) is 5.75 Å². The normalized spacial score (nSPS) is 11.0. The summed E-state index contributed by atoms with van der Waals surface area (Å²) in [6.45, 7) is 1.87. The molecule has 0 spiro atoms. The first-order chi connectivity index (χ1) is 10.5. The number of carbonyl (C=O) groups excluding carboxylic acids is 1. The molecule has 22 heavy (non-hydrogen) atoms. The van der Waals surface area contributed by atoms with Gasteiger partial charge in [0.2, 0.25) is 0 Å². The Hall–Kier alpha value is -2.34. The molecule has 0 fully saturated rings. The molecule has 0 aromatic heterocycles. The molecule has 5 nitrogen and oxygen atoms in total. The van der Waals surface area contributed by atoms with Crippen LogP contribution in [0.2, 0.25) is 0 Å². The first-order valence-corrected chi connectivity index (χ1v) is 8.39. The van der Waals surface area contributed by atoms with Gasteiger partial charge in [0.1, 0.15) is 0 Å². The van der Waals surface area contributed by atoms with Crippen molar-refractivity contribution in [2.45, 2.75) is 24.7 Å². The van der Waals surface area contributed by atoms with Gasteiger partial charge >= 0.3 is 5.97 Å². The van der Waals surface area contributed by atoms with Crippen LogP contribution in [0.4, 0.5) is 5.69 Å². The molecule has 0 atom stereocenters. The lowest BCUT2D eigenvalue weighted by atomic mass is 10.3. The highest BCUT2D eigenvalue weighted by Crippen LogP contribution is 2.27. The minimum absolute atomic E-state index is 0.143. The Morgan fingerprint density at radius 3 is 2.36 bits per heavy atom. The minimum Gasteiger partial charge on any atom is -0.424 e. The fourth-order valence-electron chi connectivity index (χ4n) is 1.82. The second kappa shape index (κ2) is 7.09. The maximum Gasteiger partial charge on any atom is 0.311 e. The molecule has 2 aromatic carbocycles. The topological polar surface area (TPSA) is 72.5 Å². The molecule has 0 amide bonds. The van der Waals surface area contributed by atoms with Crippen molar-refractivity contribution in [3.63, 3.8) is 0 Å². The Morgan fingerprint density at radius 1 is 1.05 bits per heavy atom. The molecular weight excluding hydrogens is 302 g/mol. The summed E-state index contributed by atoms with van der Waals surface area (Å²) < 4.78 is 32.3. The number of carbonyl (C=O) groups is 1. The van der Waals surface area contributed by atoms with Crippen molar-refractivity contribution in [1.82, 2.24) is 0 Å². The van der Waals surface area contributed by atoms with Crippen LogP contribution in [-0.2, 0) is 14.8 Å². The summed E-state index contributed by atoms with van der Waals surface area (Å²) in [7, 11) is -3.73. The first kappa shape index (κ1) is 16.0. The monoisotopic (exact) mass is 319 g/mol.